The Morgan fingerprint density at radius 3 is 2.29 bits per heavy atom. The molecule has 0 radical (unpaired) electrons. The Kier molecular flexibility index (Phi) is 4.30. The summed E-state index contributed by atoms with van der Waals surface area (Å²) in [6.07, 6.45) is 0.655. The summed E-state index contributed by atoms with van der Waals surface area (Å²) in [6.45, 7) is 0.811. The van der Waals surface area contributed by atoms with Gasteiger partial charge < -0.3 is 14.6 Å². The smallest absolute Gasteiger partial charge is 0.337 e. The summed E-state index contributed by atoms with van der Waals surface area (Å²) in [5.74, 6) is -0.674. The molecule has 2 N–H and O–H groups in total. The summed E-state index contributed by atoms with van der Waals surface area (Å²) in [6, 6.07) is 10.3. The zero-order valence-electron chi connectivity index (χ0n) is 12.6. The fraction of sp³-hybridized carbons (Fsp3) is 0.188. The molecule has 0 bridgehead atoms. The van der Waals surface area contributed by atoms with E-state index in [0.717, 1.165) is 0 Å². The molecule has 0 fully saturated rings. The molecule has 0 saturated carbocycles. The maximum atomic E-state index is 12.4. The van der Waals surface area contributed by atoms with Crippen LogP contribution in [0.15, 0.2) is 47.4 Å². The molecule has 24 heavy (non-hydrogen) atoms. The van der Waals surface area contributed by atoms with Gasteiger partial charge in [-0.05, 0) is 12.1 Å². The summed E-state index contributed by atoms with van der Waals surface area (Å²) in [5, 5.41) is 9.37. The summed E-state index contributed by atoms with van der Waals surface area (Å²) < 4.78 is 38.1. The maximum absolute atomic E-state index is 12.4. The van der Waals surface area contributed by atoms with Gasteiger partial charge in [-0.25, -0.2) is 13.2 Å². The Bertz CT molecular complexity index is 864. The number of ether oxygens (including phenoxy) is 2. The Hall–Kier alpha value is -2.74. The first-order valence-electron chi connectivity index (χ1n) is 7.22. The lowest BCUT2D eigenvalue weighted by Crippen LogP contribution is -2.16. The second kappa shape index (κ2) is 6.40. The average Bonchev–Trinajstić information content (AvgIpc) is 2.79. The topological polar surface area (TPSA) is 102 Å². The van der Waals surface area contributed by atoms with Crippen LogP contribution in [0.2, 0.25) is 0 Å². The molecule has 1 aliphatic heterocycles. The molecule has 0 aliphatic carbocycles. The van der Waals surface area contributed by atoms with Crippen molar-refractivity contribution in [2.24, 2.45) is 0 Å². The average molecular weight is 349 g/mol. The van der Waals surface area contributed by atoms with E-state index in [1.54, 1.807) is 18.2 Å². The summed E-state index contributed by atoms with van der Waals surface area (Å²) in [7, 11) is -3.91. The van der Waals surface area contributed by atoms with Gasteiger partial charge in [0.05, 0.1) is 29.4 Å². The lowest BCUT2D eigenvalue weighted by atomic mass is 10.1. The molecule has 2 aromatic carbocycles. The first kappa shape index (κ1) is 16.1. The summed E-state index contributed by atoms with van der Waals surface area (Å²) >= 11 is 0. The van der Waals surface area contributed by atoms with Gasteiger partial charge in [0.25, 0.3) is 10.0 Å². The van der Waals surface area contributed by atoms with Crippen LogP contribution in [-0.2, 0) is 10.0 Å². The number of rotatable bonds is 4. The monoisotopic (exact) mass is 349 g/mol. The van der Waals surface area contributed by atoms with Crippen molar-refractivity contribution in [2.45, 2.75) is 11.3 Å². The Morgan fingerprint density at radius 2 is 1.67 bits per heavy atom. The Labute approximate surface area is 138 Å². The van der Waals surface area contributed by atoms with Crippen LogP contribution in [0.4, 0.5) is 5.69 Å². The molecule has 0 atom stereocenters. The van der Waals surface area contributed by atoms with Gasteiger partial charge in [-0.15, -0.1) is 0 Å². The van der Waals surface area contributed by atoms with Crippen molar-refractivity contribution in [1.82, 2.24) is 0 Å². The van der Waals surface area contributed by atoms with Crippen LogP contribution < -0.4 is 14.2 Å². The minimum atomic E-state index is -3.91. The predicted molar refractivity (Wildman–Crippen MR) is 86.3 cm³/mol. The van der Waals surface area contributed by atoms with Crippen molar-refractivity contribution in [3.8, 4) is 11.5 Å². The molecule has 0 amide bonds. The highest BCUT2D eigenvalue weighted by atomic mass is 32.2. The Balaban J connectivity index is 2.03. The largest absolute Gasteiger partial charge is 0.490 e. The minimum absolute atomic E-state index is 0.0356. The molecular weight excluding hydrogens is 334 g/mol. The number of benzene rings is 2. The molecule has 7 nitrogen and oxygen atoms in total. The van der Waals surface area contributed by atoms with E-state index in [1.165, 1.54) is 24.3 Å². The SMILES string of the molecule is O=C(O)c1cc2c(cc1NS(=O)(=O)c1ccccc1)OCCCO2. The number of carboxylic acid groups (broad SMARTS) is 1. The van der Waals surface area contributed by atoms with E-state index in [2.05, 4.69) is 4.72 Å². The van der Waals surface area contributed by atoms with E-state index in [-0.39, 0.29) is 21.9 Å². The number of anilines is 1. The van der Waals surface area contributed by atoms with E-state index in [4.69, 9.17) is 9.47 Å². The molecule has 0 spiro atoms. The normalized spacial score (nSPS) is 13.8. The maximum Gasteiger partial charge on any atom is 0.337 e. The standard InChI is InChI=1S/C16H15NO6S/c18-16(19)12-9-14-15(23-8-4-7-22-14)10-13(12)17-24(20,21)11-5-2-1-3-6-11/h1-3,5-6,9-10,17H,4,7-8H2,(H,18,19). The van der Waals surface area contributed by atoms with Crippen LogP contribution in [0.1, 0.15) is 16.8 Å². The zero-order valence-corrected chi connectivity index (χ0v) is 13.4. The van der Waals surface area contributed by atoms with Crippen LogP contribution in [0.5, 0.6) is 11.5 Å². The molecule has 0 saturated heterocycles. The number of aromatic carboxylic acids is 1. The van der Waals surface area contributed by atoms with Crippen molar-refractivity contribution >= 4 is 21.7 Å². The first-order valence-corrected chi connectivity index (χ1v) is 8.70. The lowest BCUT2D eigenvalue weighted by Gasteiger charge is -2.14. The zero-order chi connectivity index (χ0) is 17.2. The molecule has 3 rings (SSSR count). The highest BCUT2D eigenvalue weighted by molar-refractivity contribution is 7.92. The van der Waals surface area contributed by atoms with Gasteiger partial charge in [0.1, 0.15) is 0 Å². The van der Waals surface area contributed by atoms with E-state index in [1.807, 2.05) is 0 Å². The quantitative estimate of drug-likeness (QED) is 0.878. The fourth-order valence-electron chi connectivity index (χ4n) is 2.27. The van der Waals surface area contributed by atoms with Crippen molar-refractivity contribution in [2.75, 3.05) is 17.9 Å². The highest BCUT2D eigenvalue weighted by Gasteiger charge is 2.22. The summed E-state index contributed by atoms with van der Waals surface area (Å²) in [5.41, 5.74) is -0.283. The molecule has 0 unspecified atom stereocenters. The second-order valence-electron chi connectivity index (χ2n) is 5.12. The highest BCUT2D eigenvalue weighted by Crippen LogP contribution is 2.36. The van der Waals surface area contributed by atoms with Gasteiger partial charge >= 0.3 is 5.97 Å². The van der Waals surface area contributed by atoms with Crippen molar-refractivity contribution < 1.29 is 27.8 Å². The van der Waals surface area contributed by atoms with E-state index < -0.39 is 16.0 Å². The van der Waals surface area contributed by atoms with Crippen molar-refractivity contribution in [1.29, 1.82) is 0 Å². The van der Waals surface area contributed by atoms with Gasteiger partial charge in [0.15, 0.2) is 11.5 Å². The number of sulfonamides is 1. The van der Waals surface area contributed by atoms with E-state index in [9.17, 15) is 18.3 Å². The van der Waals surface area contributed by atoms with Crippen LogP contribution >= 0.6 is 0 Å². The molecule has 8 heteroatoms. The third-order valence-electron chi connectivity index (χ3n) is 3.42. The number of carbonyl (C=O) groups is 1. The van der Waals surface area contributed by atoms with Crippen molar-refractivity contribution in [3.63, 3.8) is 0 Å². The molecule has 1 heterocycles. The number of carboxylic acids is 1. The molecule has 0 aromatic heterocycles. The van der Waals surface area contributed by atoms with Gasteiger partial charge in [-0.2, -0.15) is 0 Å². The fourth-order valence-corrected chi connectivity index (χ4v) is 3.37. The van der Waals surface area contributed by atoms with E-state index >= 15 is 0 Å². The number of nitrogens with one attached hydrogen (secondary N) is 1. The van der Waals surface area contributed by atoms with Crippen LogP contribution in [0.3, 0.4) is 0 Å². The molecule has 2 aromatic rings. The number of hydrogen-bond donors (Lipinski definition) is 2. The predicted octanol–water partition coefficient (Wildman–Crippen LogP) is 2.35. The third-order valence-corrected chi connectivity index (χ3v) is 4.80. The molecular formula is C16H15NO6S. The molecule has 1 aliphatic rings. The van der Waals surface area contributed by atoms with Crippen LogP contribution in [0.25, 0.3) is 0 Å². The first-order chi connectivity index (χ1) is 11.5. The third kappa shape index (κ3) is 3.28. The number of hydrogen-bond acceptors (Lipinski definition) is 5. The van der Waals surface area contributed by atoms with Gasteiger partial charge in [-0.1, -0.05) is 18.2 Å². The lowest BCUT2D eigenvalue weighted by molar-refractivity contribution is 0.0697. The van der Waals surface area contributed by atoms with Crippen molar-refractivity contribution in [3.05, 3.63) is 48.0 Å². The summed E-state index contributed by atoms with van der Waals surface area (Å²) in [4.78, 5) is 11.5. The van der Waals surface area contributed by atoms with Gasteiger partial charge in [-0.3, -0.25) is 4.72 Å². The van der Waals surface area contributed by atoms with Crippen LogP contribution in [0, 0.1) is 0 Å². The number of fused-ring (bicyclic) bond motifs is 1. The minimum Gasteiger partial charge on any atom is -0.490 e. The van der Waals surface area contributed by atoms with Crippen LogP contribution in [-0.4, -0.2) is 32.7 Å². The molecule has 126 valence electrons. The van der Waals surface area contributed by atoms with Gasteiger partial charge in [0.2, 0.25) is 0 Å². The van der Waals surface area contributed by atoms with Gasteiger partial charge in [0, 0.05) is 18.6 Å². The second-order valence-corrected chi connectivity index (χ2v) is 6.80. The Morgan fingerprint density at radius 1 is 1.04 bits per heavy atom. The van der Waals surface area contributed by atoms with E-state index in [0.29, 0.717) is 25.4 Å².